The Kier molecular flexibility index (Phi) is 4.18. The van der Waals surface area contributed by atoms with E-state index in [-0.39, 0.29) is 5.82 Å². The van der Waals surface area contributed by atoms with Gasteiger partial charge in [-0.15, -0.1) is 0 Å². The highest BCUT2D eigenvalue weighted by atomic mass is 35.5. The average molecular weight is 266 g/mol. The van der Waals surface area contributed by atoms with Gasteiger partial charge in [0.15, 0.2) is 0 Å². The molecular formula is C14H13ClFNO. The van der Waals surface area contributed by atoms with Crippen molar-refractivity contribution in [1.82, 2.24) is 5.32 Å². The van der Waals surface area contributed by atoms with Gasteiger partial charge in [-0.1, -0.05) is 23.7 Å². The second-order valence-electron chi connectivity index (χ2n) is 3.81. The highest BCUT2D eigenvalue weighted by Crippen LogP contribution is 2.31. The van der Waals surface area contributed by atoms with Crippen LogP contribution in [-0.2, 0) is 6.54 Å². The summed E-state index contributed by atoms with van der Waals surface area (Å²) in [7, 11) is 1.80. The Balaban J connectivity index is 2.31. The van der Waals surface area contributed by atoms with Crippen LogP contribution < -0.4 is 10.1 Å². The van der Waals surface area contributed by atoms with Crippen molar-refractivity contribution in [3.05, 3.63) is 58.9 Å². The number of nitrogens with one attached hydrogen (secondary N) is 1. The predicted molar refractivity (Wildman–Crippen MR) is 70.7 cm³/mol. The maximum Gasteiger partial charge on any atom is 0.146 e. The number of hydrogen-bond acceptors (Lipinski definition) is 2. The second kappa shape index (κ2) is 5.85. The molecule has 0 saturated heterocycles. The van der Waals surface area contributed by atoms with Gasteiger partial charge in [-0.25, -0.2) is 4.39 Å². The SMILES string of the molecule is CNCc1cc(F)ccc1Oc1ccccc1Cl. The van der Waals surface area contributed by atoms with Crippen LogP contribution in [0.5, 0.6) is 11.5 Å². The Morgan fingerprint density at radius 3 is 2.67 bits per heavy atom. The normalized spacial score (nSPS) is 10.4. The number of ether oxygens (including phenoxy) is 1. The molecule has 0 amide bonds. The van der Waals surface area contributed by atoms with Gasteiger partial charge >= 0.3 is 0 Å². The van der Waals surface area contributed by atoms with Crippen LogP contribution in [0.15, 0.2) is 42.5 Å². The zero-order valence-corrected chi connectivity index (χ0v) is 10.7. The van der Waals surface area contributed by atoms with Gasteiger partial charge in [0.1, 0.15) is 17.3 Å². The van der Waals surface area contributed by atoms with Crippen LogP contribution in [0.4, 0.5) is 4.39 Å². The molecule has 4 heteroatoms. The highest BCUT2D eigenvalue weighted by molar-refractivity contribution is 6.32. The Hall–Kier alpha value is -1.58. The molecule has 2 aromatic rings. The van der Waals surface area contributed by atoms with E-state index in [1.54, 1.807) is 25.2 Å². The minimum atomic E-state index is -0.285. The fraction of sp³-hybridized carbons (Fsp3) is 0.143. The van der Waals surface area contributed by atoms with Gasteiger partial charge in [0.05, 0.1) is 5.02 Å². The molecule has 2 rings (SSSR count). The summed E-state index contributed by atoms with van der Waals surface area (Å²) in [6.45, 7) is 0.525. The molecule has 0 aliphatic rings. The summed E-state index contributed by atoms with van der Waals surface area (Å²) < 4.78 is 18.9. The van der Waals surface area contributed by atoms with Crippen molar-refractivity contribution in [2.45, 2.75) is 6.54 Å². The Morgan fingerprint density at radius 1 is 1.17 bits per heavy atom. The van der Waals surface area contributed by atoms with Crippen LogP contribution in [-0.4, -0.2) is 7.05 Å². The lowest BCUT2D eigenvalue weighted by molar-refractivity contribution is 0.472. The molecule has 0 atom stereocenters. The number of hydrogen-bond donors (Lipinski definition) is 1. The van der Waals surface area contributed by atoms with Gasteiger partial charge in [-0.05, 0) is 37.4 Å². The molecule has 1 N–H and O–H groups in total. The van der Waals surface area contributed by atoms with Crippen molar-refractivity contribution in [1.29, 1.82) is 0 Å². The fourth-order valence-corrected chi connectivity index (χ4v) is 1.80. The molecule has 0 aromatic heterocycles. The predicted octanol–water partition coefficient (Wildman–Crippen LogP) is 3.99. The van der Waals surface area contributed by atoms with Gasteiger partial charge in [0.25, 0.3) is 0 Å². The number of halogens is 2. The van der Waals surface area contributed by atoms with Crippen LogP contribution >= 0.6 is 11.6 Å². The molecule has 0 radical (unpaired) electrons. The van der Waals surface area contributed by atoms with Crippen molar-refractivity contribution >= 4 is 11.6 Å². The van der Waals surface area contributed by atoms with Crippen molar-refractivity contribution in [2.75, 3.05) is 7.05 Å². The third kappa shape index (κ3) is 3.00. The van der Waals surface area contributed by atoms with Crippen LogP contribution in [0, 0.1) is 5.82 Å². The molecule has 0 saturated carbocycles. The van der Waals surface area contributed by atoms with Gasteiger partial charge in [-0.3, -0.25) is 0 Å². The lowest BCUT2D eigenvalue weighted by Crippen LogP contribution is -2.06. The van der Waals surface area contributed by atoms with E-state index in [1.807, 2.05) is 12.1 Å². The topological polar surface area (TPSA) is 21.3 Å². The lowest BCUT2D eigenvalue weighted by Gasteiger charge is -2.12. The standard InChI is InChI=1S/C14H13ClFNO/c1-17-9-10-8-11(16)6-7-13(10)18-14-5-3-2-4-12(14)15/h2-8,17H,9H2,1H3. The molecule has 94 valence electrons. The molecule has 0 aliphatic carbocycles. The summed E-state index contributed by atoms with van der Waals surface area (Å²) in [5.41, 5.74) is 0.748. The molecule has 0 fully saturated rings. The van der Waals surface area contributed by atoms with E-state index < -0.39 is 0 Å². The average Bonchev–Trinajstić information content (AvgIpc) is 2.35. The quantitative estimate of drug-likeness (QED) is 0.902. The Bertz CT molecular complexity index is 545. The second-order valence-corrected chi connectivity index (χ2v) is 4.22. The van der Waals surface area contributed by atoms with Crippen LogP contribution in [0.3, 0.4) is 0 Å². The molecule has 18 heavy (non-hydrogen) atoms. The van der Waals surface area contributed by atoms with Gasteiger partial charge in [0.2, 0.25) is 0 Å². The Labute approximate surface area is 110 Å². The monoisotopic (exact) mass is 265 g/mol. The van der Waals surface area contributed by atoms with E-state index >= 15 is 0 Å². The van der Waals surface area contributed by atoms with Crippen molar-refractivity contribution in [3.63, 3.8) is 0 Å². The third-order valence-corrected chi connectivity index (χ3v) is 2.76. The molecule has 2 aromatic carbocycles. The molecule has 0 spiro atoms. The molecule has 0 unspecified atom stereocenters. The Morgan fingerprint density at radius 2 is 1.94 bits per heavy atom. The number of benzene rings is 2. The number of rotatable bonds is 4. The van der Waals surface area contributed by atoms with Gasteiger partial charge in [-0.2, -0.15) is 0 Å². The maximum atomic E-state index is 13.2. The first-order chi connectivity index (χ1) is 8.70. The largest absolute Gasteiger partial charge is 0.455 e. The summed E-state index contributed by atoms with van der Waals surface area (Å²) in [5, 5.41) is 3.50. The van der Waals surface area contributed by atoms with E-state index in [0.29, 0.717) is 23.1 Å². The zero-order chi connectivity index (χ0) is 13.0. The van der Waals surface area contributed by atoms with Gasteiger partial charge < -0.3 is 10.1 Å². The van der Waals surface area contributed by atoms with Crippen molar-refractivity contribution < 1.29 is 9.13 Å². The van der Waals surface area contributed by atoms with E-state index in [4.69, 9.17) is 16.3 Å². The van der Waals surface area contributed by atoms with Crippen molar-refractivity contribution in [3.8, 4) is 11.5 Å². The summed E-state index contributed by atoms with van der Waals surface area (Å²) >= 11 is 6.02. The first kappa shape index (κ1) is 12.9. The summed E-state index contributed by atoms with van der Waals surface area (Å²) in [4.78, 5) is 0. The highest BCUT2D eigenvalue weighted by Gasteiger charge is 2.08. The van der Waals surface area contributed by atoms with Crippen molar-refractivity contribution in [2.24, 2.45) is 0 Å². The molecular weight excluding hydrogens is 253 g/mol. The zero-order valence-electron chi connectivity index (χ0n) is 9.91. The van der Waals surface area contributed by atoms with Crippen LogP contribution in [0.25, 0.3) is 0 Å². The van der Waals surface area contributed by atoms with E-state index in [9.17, 15) is 4.39 Å². The molecule has 0 bridgehead atoms. The maximum absolute atomic E-state index is 13.2. The number of para-hydroxylation sites is 1. The first-order valence-corrected chi connectivity index (χ1v) is 5.94. The van der Waals surface area contributed by atoms with E-state index in [0.717, 1.165) is 5.56 Å². The third-order valence-electron chi connectivity index (χ3n) is 2.45. The first-order valence-electron chi connectivity index (χ1n) is 5.56. The van der Waals surface area contributed by atoms with Gasteiger partial charge in [0, 0.05) is 12.1 Å². The van der Waals surface area contributed by atoms with E-state index in [2.05, 4.69) is 5.32 Å². The van der Waals surface area contributed by atoms with Crippen LogP contribution in [0.1, 0.15) is 5.56 Å². The fourth-order valence-electron chi connectivity index (χ4n) is 1.62. The molecule has 2 nitrogen and oxygen atoms in total. The summed E-state index contributed by atoms with van der Waals surface area (Å²) in [6, 6.07) is 11.6. The lowest BCUT2D eigenvalue weighted by atomic mass is 10.2. The molecule has 0 aliphatic heterocycles. The van der Waals surface area contributed by atoms with Crippen LogP contribution in [0.2, 0.25) is 5.02 Å². The summed E-state index contributed by atoms with van der Waals surface area (Å²) in [5.74, 6) is 0.869. The van der Waals surface area contributed by atoms with E-state index in [1.165, 1.54) is 12.1 Å². The minimum Gasteiger partial charge on any atom is -0.455 e. The smallest absolute Gasteiger partial charge is 0.146 e. The molecule has 0 heterocycles. The minimum absolute atomic E-state index is 0.285. The summed E-state index contributed by atoms with van der Waals surface area (Å²) in [6.07, 6.45) is 0.